The Hall–Kier alpha value is -3.34. The Morgan fingerprint density at radius 2 is 1.78 bits per heavy atom. The molecule has 5 rings (SSSR count). The van der Waals surface area contributed by atoms with Gasteiger partial charge in [-0.05, 0) is 42.5 Å². The molecular formula is C22H19N3O2. The maximum Gasteiger partial charge on any atom is 0.213 e. The lowest BCUT2D eigenvalue weighted by Crippen LogP contribution is -2.33. The zero-order chi connectivity index (χ0) is 18.2. The second-order valence-electron chi connectivity index (χ2n) is 6.66. The summed E-state index contributed by atoms with van der Waals surface area (Å²) in [4.78, 5) is 4.12. The summed E-state index contributed by atoms with van der Waals surface area (Å²) < 4.78 is 11.6. The highest BCUT2D eigenvalue weighted by atomic mass is 16.5. The highest BCUT2D eigenvalue weighted by Gasteiger charge is 2.40. The molecule has 2 aromatic carbocycles. The molecule has 27 heavy (non-hydrogen) atoms. The number of ether oxygens (including phenoxy) is 2. The van der Waals surface area contributed by atoms with Gasteiger partial charge in [-0.2, -0.15) is 5.10 Å². The van der Waals surface area contributed by atoms with Crippen LogP contribution in [0.25, 0.3) is 0 Å². The maximum atomic E-state index is 6.36. The van der Waals surface area contributed by atoms with E-state index >= 15 is 0 Å². The molecule has 0 bridgehead atoms. The number of hydrazone groups is 1. The van der Waals surface area contributed by atoms with Gasteiger partial charge in [-0.3, -0.25) is 4.98 Å². The molecule has 0 fully saturated rings. The monoisotopic (exact) mass is 357 g/mol. The van der Waals surface area contributed by atoms with Gasteiger partial charge in [-0.15, -0.1) is 0 Å². The first-order chi connectivity index (χ1) is 13.3. The van der Waals surface area contributed by atoms with Gasteiger partial charge in [-0.1, -0.05) is 18.2 Å². The van der Waals surface area contributed by atoms with Crippen molar-refractivity contribution in [2.75, 3.05) is 7.11 Å². The van der Waals surface area contributed by atoms with Crippen LogP contribution in [0.15, 0.2) is 78.2 Å². The zero-order valence-electron chi connectivity index (χ0n) is 14.9. The molecule has 5 heteroatoms. The fourth-order valence-electron chi connectivity index (χ4n) is 3.74. The lowest BCUT2D eigenvalue weighted by atomic mass is 9.96. The Morgan fingerprint density at radius 3 is 2.56 bits per heavy atom. The third-order valence-electron chi connectivity index (χ3n) is 5.11. The topological polar surface area (TPSA) is 47.0 Å². The number of methoxy groups -OCH3 is 1. The van der Waals surface area contributed by atoms with E-state index in [-0.39, 0.29) is 12.3 Å². The normalized spacial score (nSPS) is 20.3. The smallest absolute Gasteiger partial charge is 0.213 e. The Bertz CT molecular complexity index is 986. The molecule has 0 N–H and O–H groups in total. The van der Waals surface area contributed by atoms with Gasteiger partial charge < -0.3 is 9.47 Å². The van der Waals surface area contributed by atoms with Gasteiger partial charge in [0.1, 0.15) is 11.5 Å². The Kier molecular flexibility index (Phi) is 3.78. The SMILES string of the molecule is COc1ccc(C2Oc3ccccc3C3CC(c4ccncc4)=NN32)cc1. The molecule has 2 aliphatic rings. The molecule has 0 saturated heterocycles. The van der Waals surface area contributed by atoms with E-state index in [0.717, 1.165) is 34.8 Å². The largest absolute Gasteiger partial charge is 0.497 e. The molecule has 134 valence electrons. The molecule has 0 spiro atoms. The quantitative estimate of drug-likeness (QED) is 0.700. The van der Waals surface area contributed by atoms with Gasteiger partial charge in [0, 0.05) is 35.5 Å². The predicted molar refractivity (Wildman–Crippen MR) is 103 cm³/mol. The summed E-state index contributed by atoms with van der Waals surface area (Å²) in [5, 5.41) is 7.03. The number of para-hydroxylation sites is 1. The van der Waals surface area contributed by atoms with Crippen LogP contribution in [0.3, 0.4) is 0 Å². The van der Waals surface area contributed by atoms with Gasteiger partial charge in [0.15, 0.2) is 0 Å². The average Bonchev–Trinajstić information content (AvgIpc) is 3.20. The van der Waals surface area contributed by atoms with Crippen LogP contribution < -0.4 is 9.47 Å². The molecule has 0 saturated carbocycles. The summed E-state index contributed by atoms with van der Waals surface area (Å²) in [5.41, 5.74) is 4.39. The van der Waals surface area contributed by atoms with Crippen LogP contribution >= 0.6 is 0 Å². The van der Waals surface area contributed by atoms with Crippen molar-refractivity contribution in [3.8, 4) is 11.5 Å². The van der Waals surface area contributed by atoms with E-state index in [2.05, 4.69) is 22.1 Å². The second-order valence-corrected chi connectivity index (χ2v) is 6.66. The minimum atomic E-state index is -0.268. The summed E-state index contributed by atoms with van der Waals surface area (Å²) >= 11 is 0. The predicted octanol–water partition coefficient (Wildman–Crippen LogP) is 4.33. The number of nitrogens with zero attached hydrogens (tertiary/aromatic N) is 3. The third kappa shape index (κ3) is 2.72. The van der Waals surface area contributed by atoms with Gasteiger partial charge in [0.2, 0.25) is 6.23 Å². The van der Waals surface area contributed by atoms with Gasteiger partial charge in [-0.25, -0.2) is 5.01 Å². The number of aromatic nitrogens is 1. The Morgan fingerprint density at radius 1 is 1.00 bits per heavy atom. The van der Waals surface area contributed by atoms with Crippen LogP contribution in [0.4, 0.5) is 0 Å². The molecule has 0 amide bonds. The minimum Gasteiger partial charge on any atom is -0.497 e. The summed E-state index contributed by atoms with van der Waals surface area (Å²) in [7, 11) is 1.67. The highest BCUT2D eigenvalue weighted by molar-refractivity contribution is 6.01. The summed E-state index contributed by atoms with van der Waals surface area (Å²) in [5.74, 6) is 1.75. The molecular weight excluding hydrogens is 338 g/mol. The van der Waals surface area contributed by atoms with Crippen molar-refractivity contribution in [3.63, 3.8) is 0 Å². The van der Waals surface area contributed by atoms with Crippen LogP contribution in [0.2, 0.25) is 0 Å². The van der Waals surface area contributed by atoms with Gasteiger partial charge >= 0.3 is 0 Å². The summed E-state index contributed by atoms with van der Waals surface area (Å²) in [6, 6.07) is 20.4. The molecule has 3 heterocycles. The summed E-state index contributed by atoms with van der Waals surface area (Å²) in [6.45, 7) is 0. The van der Waals surface area contributed by atoms with Crippen LogP contribution in [0.1, 0.15) is 35.4 Å². The third-order valence-corrected chi connectivity index (χ3v) is 5.11. The first kappa shape index (κ1) is 15.9. The van der Waals surface area contributed by atoms with E-state index in [1.807, 2.05) is 48.5 Å². The lowest BCUT2D eigenvalue weighted by Gasteiger charge is -2.38. The molecule has 5 nitrogen and oxygen atoms in total. The molecule has 0 aliphatic carbocycles. The zero-order valence-corrected chi connectivity index (χ0v) is 14.9. The van der Waals surface area contributed by atoms with Gasteiger partial charge in [0.05, 0.1) is 18.9 Å². The molecule has 2 atom stereocenters. The van der Waals surface area contributed by atoms with E-state index in [1.54, 1.807) is 19.5 Å². The number of fused-ring (bicyclic) bond motifs is 3. The minimum absolute atomic E-state index is 0.158. The summed E-state index contributed by atoms with van der Waals surface area (Å²) in [6.07, 6.45) is 4.19. The van der Waals surface area contributed by atoms with Crippen molar-refractivity contribution in [2.45, 2.75) is 18.7 Å². The van der Waals surface area contributed by atoms with E-state index in [9.17, 15) is 0 Å². The van der Waals surface area contributed by atoms with Crippen molar-refractivity contribution in [1.82, 2.24) is 9.99 Å². The van der Waals surface area contributed by atoms with Crippen LogP contribution in [0, 0.1) is 0 Å². The first-order valence-corrected chi connectivity index (χ1v) is 8.99. The maximum absolute atomic E-state index is 6.36. The number of rotatable bonds is 3. The van der Waals surface area contributed by atoms with Crippen LogP contribution in [-0.4, -0.2) is 22.8 Å². The number of hydrogen-bond donors (Lipinski definition) is 0. The van der Waals surface area contributed by atoms with E-state index in [1.165, 1.54) is 5.56 Å². The molecule has 1 aromatic heterocycles. The molecule has 3 aromatic rings. The first-order valence-electron chi connectivity index (χ1n) is 8.99. The van der Waals surface area contributed by atoms with Crippen molar-refractivity contribution in [3.05, 3.63) is 89.7 Å². The van der Waals surface area contributed by atoms with Crippen molar-refractivity contribution in [1.29, 1.82) is 0 Å². The van der Waals surface area contributed by atoms with Crippen molar-refractivity contribution >= 4 is 5.71 Å². The fraction of sp³-hybridized carbons (Fsp3) is 0.182. The van der Waals surface area contributed by atoms with Crippen molar-refractivity contribution < 1.29 is 9.47 Å². The van der Waals surface area contributed by atoms with Crippen LogP contribution in [-0.2, 0) is 0 Å². The van der Waals surface area contributed by atoms with E-state index < -0.39 is 0 Å². The molecule has 0 radical (unpaired) electrons. The average molecular weight is 357 g/mol. The number of benzene rings is 2. The van der Waals surface area contributed by atoms with Gasteiger partial charge in [0.25, 0.3) is 0 Å². The fourth-order valence-corrected chi connectivity index (χ4v) is 3.74. The van der Waals surface area contributed by atoms with Crippen molar-refractivity contribution in [2.24, 2.45) is 5.10 Å². The number of hydrogen-bond acceptors (Lipinski definition) is 5. The number of pyridine rings is 1. The molecule has 2 unspecified atom stereocenters. The second kappa shape index (κ2) is 6.43. The Balaban J connectivity index is 1.57. The van der Waals surface area contributed by atoms with Crippen LogP contribution in [0.5, 0.6) is 11.5 Å². The van der Waals surface area contributed by atoms with E-state index in [0.29, 0.717) is 0 Å². The molecule has 2 aliphatic heterocycles. The Labute approximate surface area is 157 Å². The highest BCUT2D eigenvalue weighted by Crippen LogP contribution is 2.47. The van der Waals surface area contributed by atoms with E-state index in [4.69, 9.17) is 14.6 Å². The standard InChI is InChI=1S/C22H19N3O2/c1-26-17-8-6-16(7-9-17)22-25-20(18-4-2-3-5-21(18)27-22)14-19(24-25)15-10-12-23-13-11-15/h2-13,20,22H,14H2,1H3. The lowest BCUT2D eigenvalue weighted by molar-refractivity contribution is -0.0190.